The topological polar surface area (TPSA) is 53.4 Å². The Morgan fingerprint density at radius 2 is 1.95 bits per heavy atom. The maximum Gasteiger partial charge on any atom is 0.337 e. The van der Waals surface area contributed by atoms with Crippen molar-refractivity contribution < 1.29 is 9.90 Å². The molecule has 96 valence electrons. The van der Waals surface area contributed by atoms with Crippen LogP contribution in [0, 0.1) is 0 Å². The number of nitrogens with zero attached hydrogens (tertiary/aromatic N) is 2. The molecule has 1 aromatic heterocycles. The van der Waals surface area contributed by atoms with Gasteiger partial charge in [0, 0.05) is 25.2 Å². The number of hydrogen-bond donors (Lipinski definition) is 1. The molecule has 4 heteroatoms. The third-order valence-corrected chi connectivity index (χ3v) is 3.49. The molecule has 1 aromatic carbocycles. The van der Waals surface area contributed by atoms with E-state index in [1.165, 1.54) is 11.8 Å². The number of carbonyl (C=O) groups is 1. The lowest BCUT2D eigenvalue weighted by Gasteiger charge is -2.41. The number of anilines is 1. The molecule has 4 nitrogen and oxygen atoms in total. The zero-order valence-corrected chi connectivity index (χ0v) is 10.4. The van der Waals surface area contributed by atoms with Crippen LogP contribution in [0.25, 0.3) is 0 Å². The Balaban J connectivity index is 1.71. The van der Waals surface area contributed by atoms with Gasteiger partial charge in [-0.25, -0.2) is 4.79 Å². The van der Waals surface area contributed by atoms with Crippen LogP contribution in [0.5, 0.6) is 0 Å². The number of carboxylic acids is 1. The van der Waals surface area contributed by atoms with Crippen molar-refractivity contribution in [2.24, 2.45) is 0 Å². The van der Waals surface area contributed by atoms with Crippen LogP contribution < -0.4 is 4.90 Å². The first-order chi connectivity index (χ1) is 9.24. The fourth-order valence-corrected chi connectivity index (χ4v) is 2.34. The summed E-state index contributed by atoms with van der Waals surface area (Å²) in [6, 6.07) is 12.0. The summed E-state index contributed by atoms with van der Waals surface area (Å²) in [6.45, 7) is 1.82. The van der Waals surface area contributed by atoms with Crippen LogP contribution in [-0.4, -0.2) is 29.1 Å². The summed E-state index contributed by atoms with van der Waals surface area (Å²) in [5, 5.41) is 8.95. The second kappa shape index (κ2) is 4.72. The minimum absolute atomic E-state index is 0.237. The highest BCUT2D eigenvalue weighted by molar-refractivity contribution is 5.88. The van der Waals surface area contributed by atoms with Gasteiger partial charge in [-0.2, -0.15) is 0 Å². The molecular weight excluding hydrogens is 240 g/mol. The fourth-order valence-electron chi connectivity index (χ4n) is 2.34. The molecule has 0 unspecified atom stereocenters. The van der Waals surface area contributed by atoms with E-state index >= 15 is 0 Å². The number of aromatic nitrogens is 1. The largest absolute Gasteiger partial charge is 0.478 e. The molecule has 1 N–H and O–H groups in total. The predicted octanol–water partition coefficient (Wildman–Crippen LogP) is 2.38. The van der Waals surface area contributed by atoms with E-state index in [0.717, 1.165) is 18.8 Å². The lowest BCUT2D eigenvalue weighted by Crippen LogP contribution is -2.45. The Labute approximate surface area is 111 Å². The highest BCUT2D eigenvalue weighted by Crippen LogP contribution is 2.31. The van der Waals surface area contributed by atoms with Gasteiger partial charge >= 0.3 is 5.97 Å². The number of aromatic carboxylic acids is 1. The highest BCUT2D eigenvalue weighted by atomic mass is 16.4. The zero-order valence-electron chi connectivity index (χ0n) is 10.4. The van der Waals surface area contributed by atoms with Gasteiger partial charge in [0.2, 0.25) is 0 Å². The summed E-state index contributed by atoms with van der Waals surface area (Å²) in [5.41, 5.74) is 2.45. The summed E-state index contributed by atoms with van der Waals surface area (Å²) in [6.07, 6.45) is 3.09. The van der Waals surface area contributed by atoms with E-state index in [1.54, 1.807) is 12.3 Å². The average molecular weight is 254 g/mol. The normalized spacial score (nSPS) is 15.1. The standard InChI is InChI=1S/C15H14N2O2/c18-15(19)12-6-14(8-16-7-12)17-9-13(10-17)11-4-2-1-3-5-11/h1-8,13H,9-10H2,(H,18,19). The van der Waals surface area contributed by atoms with Crippen LogP contribution in [0.4, 0.5) is 5.69 Å². The van der Waals surface area contributed by atoms with Crippen molar-refractivity contribution in [3.63, 3.8) is 0 Å². The van der Waals surface area contributed by atoms with Crippen molar-refractivity contribution in [1.29, 1.82) is 0 Å². The Morgan fingerprint density at radius 1 is 1.21 bits per heavy atom. The van der Waals surface area contributed by atoms with Gasteiger partial charge in [0.05, 0.1) is 17.4 Å². The van der Waals surface area contributed by atoms with Crippen LogP contribution >= 0.6 is 0 Å². The van der Waals surface area contributed by atoms with Gasteiger partial charge in [0.25, 0.3) is 0 Å². The van der Waals surface area contributed by atoms with E-state index in [4.69, 9.17) is 5.11 Å². The zero-order chi connectivity index (χ0) is 13.2. The third kappa shape index (κ3) is 2.29. The fraction of sp³-hybridized carbons (Fsp3) is 0.200. The average Bonchev–Trinajstić information content (AvgIpc) is 2.39. The molecular formula is C15H14N2O2. The molecule has 0 atom stereocenters. The summed E-state index contributed by atoms with van der Waals surface area (Å²) in [4.78, 5) is 17.0. The lowest BCUT2D eigenvalue weighted by molar-refractivity contribution is 0.0696. The Bertz CT molecular complexity index is 592. The van der Waals surface area contributed by atoms with Crippen LogP contribution in [0.1, 0.15) is 21.8 Å². The minimum atomic E-state index is -0.936. The molecule has 0 saturated carbocycles. The molecule has 1 fully saturated rings. The molecule has 0 spiro atoms. The Morgan fingerprint density at radius 3 is 2.63 bits per heavy atom. The molecule has 1 aliphatic heterocycles. The van der Waals surface area contributed by atoms with Gasteiger partial charge in [-0.05, 0) is 11.6 Å². The van der Waals surface area contributed by atoms with E-state index in [2.05, 4.69) is 22.0 Å². The third-order valence-electron chi connectivity index (χ3n) is 3.49. The maximum absolute atomic E-state index is 10.9. The predicted molar refractivity (Wildman–Crippen MR) is 72.6 cm³/mol. The first kappa shape index (κ1) is 11.7. The van der Waals surface area contributed by atoms with Gasteiger partial charge in [0.15, 0.2) is 0 Å². The van der Waals surface area contributed by atoms with Gasteiger partial charge in [0.1, 0.15) is 0 Å². The number of hydrogen-bond acceptors (Lipinski definition) is 3. The number of rotatable bonds is 3. The molecule has 1 saturated heterocycles. The monoisotopic (exact) mass is 254 g/mol. The summed E-state index contributed by atoms with van der Waals surface area (Å²) >= 11 is 0. The molecule has 0 aliphatic carbocycles. The lowest BCUT2D eigenvalue weighted by atomic mass is 9.91. The Kier molecular flexibility index (Phi) is 2.91. The van der Waals surface area contributed by atoms with E-state index < -0.39 is 5.97 Å². The van der Waals surface area contributed by atoms with Crippen molar-refractivity contribution in [3.05, 3.63) is 59.9 Å². The molecule has 2 heterocycles. The van der Waals surface area contributed by atoms with Gasteiger partial charge in [-0.15, -0.1) is 0 Å². The van der Waals surface area contributed by atoms with Crippen LogP contribution in [-0.2, 0) is 0 Å². The molecule has 1 aliphatic rings. The van der Waals surface area contributed by atoms with E-state index in [0.29, 0.717) is 5.92 Å². The number of benzene rings is 1. The molecule has 0 bridgehead atoms. The van der Waals surface area contributed by atoms with Crippen molar-refractivity contribution in [3.8, 4) is 0 Å². The van der Waals surface area contributed by atoms with E-state index in [9.17, 15) is 4.79 Å². The van der Waals surface area contributed by atoms with Crippen molar-refractivity contribution in [2.75, 3.05) is 18.0 Å². The van der Waals surface area contributed by atoms with Crippen LogP contribution in [0.3, 0.4) is 0 Å². The SMILES string of the molecule is O=C(O)c1cncc(N2CC(c3ccccc3)C2)c1. The summed E-state index contributed by atoms with van der Waals surface area (Å²) in [7, 11) is 0. The summed E-state index contributed by atoms with van der Waals surface area (Å²) < 4.78 is 0. The molecule has 0 radical (unpaired) electrons. The van der Waals surface area contributed by atoms with Crippen molar-refractivity contribution in [1.82, 2.24) is 4.98 Å². The first-order valence-corrected chi connectivity index (χ1v) is 6.22. The summed E-state index contributed by atoms with van der Waals surface area (Å²) in [5.74, 6) is -0.413. The number of pyridine rings is 1. The smallest absolute Gasteiger partial charge is 0.337 e. The highest BCUT2D eigenvalue weighted by Gasteiger charge is 2.28. The van der Waals surface area contributed by atoms with Gasteiger partial charge < -0.3 is 10.0 Å². The first-order valence-electron chi connectivity index (χ1n) is 6.22. The Hall–Kier alpha value is -2.36. The maximum atomic E-state index is 10.9. The van der Waals surface area contributed by atoms with Crippen LogP contribution in [0.15, 0.2) is 48.8 Å². The van der Waals surface area contributed by atoms with Crippen molar-refractivity contribution >= 4 is 11.7 Å². The van der Waals surface area contributed by atoms with E-state index in [-0.39, 0.29) is 5.56 Å². The molecule has 2 aromatic rings. The second-order valence-corrected chi connectivity index (χ2v) is 4.75. The minimum Gasteiger partial charge on any atom is -0.478 e. The van der Waals surface area contributed by atoms with Gasteiger partial charge in [-0.3, -0.25) is 4.98 Å². The van der Waals surface area contributed by atoms with Crippen molar-refractivity contribution in [2.45, 2.75) is 5.92 Å². The number of carboxylic acid groups (broad SMARTS) is 1. The van der Waals surface area contributed by atoms with Gasteiger partial charge in [-0.1, -0.05) is 30.3 Å². The molecule has 0 amide bonds. The molecule has 19 heavy (non-hydrogen) atoms. The second-order valence-electron chi connectivity index (χ2n) is 4.75. The van der Waals surface area contributed by atoms with Crippen LogP contribution in [0.2, 0.25) is 0 Å². The van der Waals surface area contributed by atoms with E-state index in [1.807, 2.05) is 18.2 Å². The quantitative estimate of drug-likeness (QED) is 0.913. The molecule has 3 rings (SSSR count).